The van der Waals surface area contributed by atoms with E-state index in [0.29, 0.717) is 11.1 Å². The number of pyridine rings is 1. The molecule has 0 amide bonds. The van der Waals surface area contributed by atoms with Crippen LogP contribution in [0.15, 0.2) is 90.0 Å². The molecular weight excluding hydrogens is 478 g/mol. The molecular formula is C27H21N3O3S2. The van der Waals surface area contributed by atoms with E-state index in [1.54, 1.807) is 30.4 Å². The summed E-state index contributed by atoms with van der Waals surface area (Å²) in [6.07, 6.45) is 3.95. The summed E-state index contributed by atoms with van der Waals surface area (Å²) < 4.78 is 34.7. The fourth-order valence-corrected chi connectivity index (χ4v) is 5.27. The normalized spacial score (nSPS) is 11.7. The van der Waals surface area contributed by atoms with Crippen LogP contribution in [0.3, 0.4) is 0 Å². The zero-order valence-corrected chi connectivity index (χ0v) is 20.7. The van der Waals surface area contributed by atoms with Crippen molar-refractivity contribution in [3.8, 4) is 6.07 Å². The van der Waals surface area contributed by atoms with E-state index >= 15 is 0 Å². The largest absolute Gasteiger partial charge is 0.744 e. The molecule has 35 heavy (non-hydrogen) atoms. The molecule has 2 aromatic heterocycles. The van der Waals surface area contributed by atoms with Gasteiger partial charge in [-0.15, -0.1) is 11.3 Å². The first-order valence-corrected chi connectivity index (χ1v) is 12.9. The number of benzene rings is 3. The minimum Gasteiger partial charge on any atom is -0.744 e. The van der Waals surface area contributed by atoms with Gasteiger partial charge in [0, 0.05) is 12.1 Å². The van der Waals surface area contributed by atoms with Crippen molar-refractivity contribution in [3.63, 3.8) is 0 Å². The molecule has 0 unspecified atom stereocenters. The van der Waals surface area contributed by atoms with Gasteiger partial charge in [-0.05, 0) is 48.4 Å². The second-order valence-corrected chi connectivity index (χ2v) is 10.2. The molecule has 0 radical (unpaired) electrons. The van der Waals surface area contributed by atoms with Crippen LogP contribution in [0.5, 0.6) is 0 Å². The molecule has 2 heterocycles. The van der Waals surface area contributed by atoms with Gasteiger partial charge >= 0.3 is 0 Å². The number of nitriles is 1. The Bertz CT molecular complexity index is 1680. The summed E-state index contributed by atoms with van der Waals surface area (Å²) in [6.45, 7) is 1.59. The molecule has 0 aliphatic heterocycles. The van der Waals surface area contributed by atoms with Crippen molar-refractivity contribution in [1.82, 2.24) is 4.98 Å². The smallest absolute Gasteiger partial charge is 0.212 e. The molecule has 0 N–H and O–H groups in total. The van der Waals surface area contributed by atoms with Gasteiger partial charge in [0.05, 0.1) is 26.1 Å². The maximum absolute atomic E-state index is 10.5. The SMILES string of the molecule is C[n+]1ccc(/C=C(\C#N)c2nc3ccccc3s2)c2ccccc21.Cc1ccccc1S(=O)(=O)[O-]. The summed E-state index contributed by atoms with van der Waals surface area (Å²) in [5.74, 6) is 0. The van der Waals surface area contributed by atoms with Crippen LogP contribution in [0, 0.1) is 18.3 Å². The van der Waals surface area contributed by atoms with E-state index in [4.69, 9.17) is 0 Å². The second-order valence-electron chi connectivity index (χ2n) is 7.78. The number of aryl methyl sites for hydroxylation is 2. The Labute approximate surface area is 207 Å². The van der Waals surface area contributed by atoms with Crippen LogP contribution in [-0.2, 0) is 17.2 Å². The fourth-order valence-electron chi connectivity index (χ4n) is 3.64. The summed E-state index contributed by atoms with van der Waals surface area (Å²) >= 11 is 1.55. The van der Waals surface area contributed by atoms with Crippen molar-refractivity contribution < 1.29 is 17.5 Å². The lowest BCUT2D eigenvalue weighted by Crippen LogP contribution is -2.28. The third-order valence-corrected chi connectivity index (χ3v) is 7.45. The fraction of sp³-hybridized carbons (Fsp3) is 0.0741. The summed E-state index contributed by atoms with van der Waals surface area (Å²) in [4.78, 5) is 4.46. The van der Waals surface area contributed by atoms with Crippen molar-refractivity contribution >= 4 is 54.2 Å². The van der Waals surface area contributed by atoms with Gasteiger partial charge in [-0.3, -0.25) is 0 Å². The number of aromatic nitrogens is 2. The highest BCUT2D eigenvalue weighted by Crippen LogP contribution is 2.29. The number of fused-ring (bicyclic) bond motifs is 2. The molecule has 0 bridgehead atoms. The molecule has 8 heteroatoms. The molecule has 0 aliphatic rings. The number of rotatable bonds is 3. The predicted octanol–water partition coefficient (Wildman–Crippen LogP) is 5.24. The molecule has 6 nitrogen and oxygen atoms in total. The highest BCUT2D eigenvalue weighted by molar-refractivity contribution is 7.85. The highest BCUT2D eigenvalue weighted by Gasteiger charge is 2.12. The van der Waals surface area contributed by atoms with Gasteiger partial charge in [0.1, 0.15) is 28.2 Å². The summed E-state index contributed by atoms with van der Waals surface area (Å²) in [5.41, 5.74) is 4.17. The van der Waals surface area contributed by atoms with E-state index in [0.717, 1.165) is 31.7 Å². The van der Waals surface area contributed by atoms with Gasteiger partial charge in [-0.2, -0.15) is 5.26 Å². The number of hydrogen-bond acceptors (Lipinski definition) is 6. The average molecular weight is 500 g/mol. The van der Waals surface area contributed by atoms with Crippen molar-refractivity contribution in [3.05, 3.63) is 101 Å². The van der Waals surface area contributed by atoms with Gasteiger partial charge < -0.3 is 4.55 Å². The first-order valence-electron chi connectivity index (χ1n) is 10.6. The third kappa shape index (κ3) is 5.44. The Morgan fingerprint density at radius 2 is 1.71 bits per heavy atom. The third-order valence-electron chi connectivity index (χ3n) is 5.38. The first kappa shape index (κ1) is 24.2. The van der Waals surface area contributed by atoms with Crippen molar-refractivity contribution in [2.75, 3.05) is 0 Å². The minimum absolute atomic E-state index is 0.139. The van der Waals surface area contributed by atoms with Crippen LogP contribution in [0.2, 0.25) is 0 Å². The zero-order valence-electron chi connectivity index (χ0n) is 19.0. The lowest BCUT2D eigenvalue weighted by atomic mass is 10.1. The van der Waals surface area contributed by atoms with Crippen LogP contribution >= 0.6 is 11.3 Å². The zero-order chi connectivity index (χ0) is 25.0. The monoisotopic (exact) mass is 499 g/mol. The van der Waals surface area contributed by atoms with Crippen LogP contribution in [-0.4, -0.2) is 18.0 Å². The van der Waals surface area contributed by atoms with Crippen LogP contribution in [0.25, 0.3) is 32.8 Å². The topological polar surface area (TPSA) is 97.8 Å². The average Bonchev–Trinajstić information content (AvgIpc) is 3.28. The molecule has 0 atom stereocenters. The summed E-state index contributed by atoms with van der Waals surface area (Å²) in [5, 5.41) is 11.5. The molecule has 0 spiro atoms. The number of para-hydroxylation sites is 2. The number of allylic oxidation sites excluding steroid dienone is 1. The van der Waals surface area contributed by atoms with Gasteiger partial charge in [0.15, 0.2) is 6.20 Å². The minimum atomic E-state index is -4.28. The summed E-state index contributed by atoms with van der Waals surface area (Å²) in [7, 11) is -2.26. The molecule has 0 aliphatic carbocycles. The van der Waals surface area contributed by atoms with Crippen LogP contribution in [0.1, 0.15) is 16.1 Å². The number of hydrogen-bond donors (Lipinski definition) is 0. The highest BCUT2D eigenvalue weighted by atomic mass is 32.2. The Balaban J connectivity index is 0.000000221. The molecule has 0 saturated heterocycles. The maximum atomic E-state index is 10.5. The molecule has 3 aromatic carbocycles. The number of thiazole rings is 1. The lowest BCUT2D eigenvalue weighted by molar-refractivity contribution is -0.644. The molecule has 174 valence electrons. The quantitative estimate of drug-likeness (QED) is 0.192. The van der Waals surface area contributed by atoms with E-state index in [1.807, 2.05) is 61.8 Å². The van der Waals surface area contributed by atoms with Crippen molar-refractivity contribution in [1.29, 1.82) is 5.26 Å². The Morgan fingerprint density at radius 3 is 2.40 bits per heavy atom. The standard InChI is InChI=1S/C20H14N3S.C7H8O3S/c1-23-11-10-14(16-6-2-4-8-18(16)23)12-15(13-21)20-22-17-7-3-5-9-19(17)24-20;1-6-4-2-3-5-7(6)11(8,9)10/h2-12H,1H3;2-5H,1H3,(H,8,9,10)/q+1;/p-1/b15-12+;. The van der Waals surface area contributed by atoms with Crippen LogP contribution < -0.4 is 4.57 Å². The van der Waals surface area contributed by atoms with E-state index < -0.39 is 10.1 Å². The second kappa shape index (κ2) is 10.2. The van der Waals surface area contributed by atoms with E-state index in [1.165, 1.54) is 12.1 Å². The Hall–Kier alpha value is -3.90. The van der Waals surface area contributed by atoms with Gasteiger partial charge in [-0.1, -0.05) is 42.5 Å². The van der Waals surface area contributed by atoms with Crippen LogP contribution in [0.4, 0.5) is 0 Å². The molecule has 5 aromatic rings. The Kier molecular flexibility index (Phi) is 7.03. The van der Waals surface area contributed by atoms with Crippen molar-refractivity contribution in [2.24, 2.45) is 7.05 Å². The van der Waals surface area contributed by atoms with Gasteiger partial charge in [0.25, 0.3) is 0 Å². The number of nitrogens with zero attached hydrogens (tertiary/aromatic N) is 3. The van der Waals surface area contributed by atoms with E-state index in [2.05, 4.69) is 27.8 Å². The summed E-state index contributed by atoms with van der Waals surface area (Å²) in [6, 6.07) is 26.6. The van der Waals surface area contributed by atoms with Crippen molar-refractivity contribution in [2.45, 2.75) is 11.8 Å². The molecule has 5 rings (SSSR count). The maximum Gasteiger partial charge on any atom is 0.212 e. The predicted molar refractivity (Wildman–Crippen MR) is 137 cm³/mol. The van der Waals surface area contributed by atoms with E-state index in [-0.39, 0.29) is 4.90 Å². The lowest BCUT2D eigenvalue weighted by Gasteiger charge is -2.08. The van der Waals surface area contributed by atoms with Gasteiger partial charge in [-0.25, -0.2) is 18.0 Å². The van der Waals surface area contributed by atoms with Gasteiger partial charge in [0.2, 0.25) is 5.52 Å². The first-order chi connectivity index (χ1) is 16.8. The Morgan fingerprint density at radius 1 is 1.03 bits per heavy atom. The van der Waals surface area contributed by atoms with E-state index in [9.17, 15) is 18.2 Å². The molecule has 0 saturated carbocycles. The molecule has 0 fully saturated rings.